The first-order valence-corrected chi connectivity index (χ1v) is 8.48. The van der Waals surface area contributed by atoms with Crippen LogP contribution in [0, 0.1) is 6.92 Å². The number of thioether (sulfide) groups is 1. The van der Waals surface area contributed by atoms with Crippen LogP contribution in [0.3, 0.4) is 0 Å². The highest BCUT2D eigenvalue weighted by molar-refractivity contribution is 8.18. The van der Waals surface area contributed by atoms with Crippen LogP contribution in [0.5, 0.6) is 0 Å². The Kier molecular flexibility index (Phi) is 5.04. The van der Waals surface area contributed by atoms with Crippen molar-refractivity contribution in [3.8, 4) is 0 Å². The largest absolute Gasteiger partial charge is 0.472 e. The summed E-state index contributed by atoms with van der Waals surface area (Å²) in [5.41, 5.74) is 2.39. The average molecular weight is 356 g/mol. The predicted molar refractivity (Wildman–Crippen MR) is 94.9 cm³/mol. The topological polar surface area (TPSA) is 79.6 Å². The number of furan rings is 1. The maximum absolute atomic E-state index is 12.4. The quantitative estimate of drug-likeness (QED) is 0.833. The van der Waals surface area contributed by atoms with Crippen molar-refractivity contribution in [3.63, 3.8) is 0 Å². The van der Waals surface area contributed by atoms with E-state index in [0.717, 1.165) is 27.8 Å². The molecule has 0 bridgehead atoms. The van der Waals surface area contributed by atoms with Gasteiger partial charge >= 0.3 is 0 Å². The summed E-state index contributed by atoms with van der Waals surface area (Å²) in [7, 11) is 0. The first-order chi connectivity index (χ1) is 12.0. The Morgan fingerprint density at radius 2 is 2.00 bits per heavy atom. The maximum atomic E-state index is 12.4. The van der Waals surface area contributed by atoms with Gasteiger partial charge in [0.05, 0.1) is 16.7 Å². The second-order valence-electron chi connectivity index (χ2n) is 5.51. The molecule has 2 heterocycles. The number of carbonyl (C=O) groups is 3. The highest BCUT2D eigenvalue weighted by Gasteiger charge is 2.34. The van der Waals surface area contributed by atoms with E-state index in [1.165, 1.54) is 12.5 Å². The monoisotopic (exact) mass is 356 g/mol. The van der Waals surface area contributed by atoms with Gasteiger partial charge in [-0.05, 0) is 36.4 Å². The van der Waals surface area contributed by atoms with Crippen LogP contribution >= 0.6 is 11.8 Å². The summed E-state index contributed by atoms with van der Waals surface area (Å²) >= 11 is 0.908. The average Bonchev–Trinajstić information content (AvgIpc) is 3.21. The van der Waals surface area contributed by atoms with E-state index in [1.807, 2.05) is 31.2 Å². The van der Waals surface area contributed by atoms with Crippen molar-refractivity contribution < 1.29 is 18.8 Å². The lowest BCUT2D eigenvalue weighted by atomic mass is 10.1. The standard InChI is InChI=1S/C18H16N2O4S/c1-12-2-4-13(5-3-12)10-15-17(22)20(18(23)25-15)8-7-19-16(21)14-6-9-24-11-14/h2-6,9-11H,7-8H2,1H3,(H,19,21)/b15-10-. The summed E-state index contributed by atoms with van der Waals surface area (Å²) in [6.07, 6.45) is 4.44. The van der Waals surface area contributed by atoms with Crippen LogP contribution in [0.1, 0.15) is 21.5 Å². The maximum Gasteiger partial charge on any atom is 0.293 e. The smallest absolute Gasteiger partial charge is 0.293 e. The first-order valence-electron chi connectivity index (χ1n) is 7.67. The van der Waals surface area contributed by atoms with Gasteiger partial charge in [-0.1, -0.05) is 29.8 Å². The minimum Gasteiger partial charge on any atom is -0.472 e. The highest BCUT2D eigenvalue weighted by atomic mass is 32.2. The fraction of sp³-hybridized carbons (Fsp3) is 0.167. The van der Waals surface area contributed by atoms with Gasteiger partial charge in [0, 0.05) is 13.1 Å². The molecule has 1 aliphatic heterocycles. The van der Waals surface area contributed by atoms with Crippen molar-refractivity contribution in [2.75, 3.05) is 13.1 Å². The Morgan fingerprint density at radius 1 is 1.24 bits per heavy atom. The van der Waals surface area contributed by atoms with E-state index in [9.17, 15) is 14.4 Å². The SMILES string of the molecule is Cc1ccc(/C=C2\SC(=O)N(CCNC(=O)c3ccoc3)C2=O)cc1. The van der Waals surface area contributed by atoms with Gasteiger partial charge in [-0.3, -0.25) is 19.3 Å². The van der Waals surface area contributed by atoms with Crippen LogP contribution < -0.4 is 5.32 Å². The lowest BCUT2D eigenvalue weighted by molar-refractivity contribution is -0.122. The van der Waals surface area contributed by atoms with Crippen molar-refractivity contribution in [2.24, 2.45) is 0 Å². The highest BCUT2D eigenvalue weighted by Crippen LogP contribution is 2.31. The third-order valence-electron chi connectivity index (χ3n) is 3.65. The van der Waals surface area contributed by atoms with E-state index < -0.39 is 0 Å². The van der Waals surface area contributed by atoms with Crippen LogP contribution in [-0.4, -0.2) is 35.0 Å². The number of nitrogens with one attached hydrogen (secondary N) is 1. The number of amides is 3. The van der Waals surface area contributed by atoms with Crippen molar-refractivity contribution >= 4 is 34.9 Å². The molecule has 0 unspecified atom stereocenters. The second kappa shape index (κ2) is 7.40. The number of imide groups is 1. The van der Waals surface area contributed by atoms with Gasteiger partial charge in [-0.25, -0.2) is 0 Å². The van der Waals surface area contributed by atoms with Crippen molar-refractivity contribution in [1.82, 2.24) is 10.2 Å². The van der Waals surface area contributed by atoms with Crippen molar-refractivity contribution in [1.29, 1.82) is 0 Å². The fourth-order valence-electron chi connectivity index (χ4n) is 2.28. The Balaban J connectivity index is 1.59. The number of hydrogen-bond acceptors (Lipinski definition) is 5. The van der Waals surface area contributed by atoms with Crippen molar-refractivity contribution in [3.05, 3.63) is 64.5 Å². The van der Waals surface area contributed by atoms with Crippen LogP contribution in [-0.2, 0) is 4.79 Å². The van der Waals surface area contributed by atoms with E-state index in [0.29, 0.717) is 10.5 Å². The summed E-state index contributed by atoms with van der Waals surface area (Å²) in [4.78, 5) is 37.7. The molecular weight excluding hydrogens is 340 g/mol. The van der Waals surface area contributed by atoms with E-state index in [1.54, 1.807) is 12.1 Å². The molecule has 1 saturated heterocycles. The predicted octanol–water partition coefficient (Wildman–Crippen LogP) is 3.05. The molecule has 1 aromatic heterocycles. The number of rotatable bonds is 5. The van der Waals surface area contributed by atoms with E-state index in [4.69, 9.17) is 4.42 Å². The summed E-state index contributed by atoms with van der Waals surface area (Å²) in [5.74, 6) is -0.649. The minimum absolute atomic E-state index is 0.124. The minimum atomic E-state index is -0.340. The molecular formula is C18H16N2O4S. The molecule has 0 radical (unpaired) electrons. The Bertz CT molecular complexity index is 825. The molecule has 128 valence electrons. The number of aryl methyl sites for hydroxylation is 1. The van der Waals surface area contributed by atoms with Gasteiger partial charge in [0.15, 0.2) is 0 Å². The lowest BCUT2D eigenvalue weighted by Crippen LogP contribution is -2.37. The van der Waals surface area contributed by atoms with Crippen molar-refractivity contribution in [2.45, 2.75) is 6.92 Å². The zero-order valence-corrected chi connectivity index (χ0v) is 14.3. The molecule has 3 amide bonds. The number of hydrogen-bond donors (Lipinski definition) is 1. The van der Waals surface area contributed by atoms with E-state index in [-0.39, 0.29) is 30.1 Å². The molecule has 1 aliphatic rings. The molecule has 25 heavy (non-hydrogen) atoms. The number of benzene rings is 1. The zero-order valence-electron chi connectivity index (χ0n) is 13.5. The molecule has 1 N–H and O–H groups in total. The van der Waals surface area contributed by atoms with Gasteiger partial charge < -0.3 is 9.73 Å². The second-order valence-corrected chi connectivity index (χ2v) is 6.51. The van der Waals surface area contributed by atoms with Gasteiger partial charge in [0.2, 0.25) is 0 Å². The molecule has 0 spiro atoms. The lowest BCUT2D eigenvalue weighted by Gasteiger charge is -2.12. The molecule has 7 heteroatoms. The molecule has 6 nitrogen and oxygen atoms in total. The zero-order chi connectivity index (χ0) is 17.8. The van der Waals surface area contributed by atoms with E-state index in [2.05, 4.69) is 5.32 Å². The van der Waals surface area contributed by atoms with Crippen LogP contribution in [0.25, 0.3) is 6.08 Å². The fourth-order valence-corrected chi connectivity index (χ4v) is 3.15. The molecule has 2 aromatic rings. The van der Waals surface area contributed by atoms with Crippen LogP contribution in [0.2, 0.25) is 0 Å². The molecule has 1 aromatic carbocycles. The van der Waals surface area contributed by atoms with Crippen LogP contribution in [0.15, 0.2) is 52.2 Å². The molecule has 0 saturated carbocycles. The summed E-state index contributed by atoms with van der Waals surface area (Å²) in [6.45, 7) is 2.29. The van der Waals surface area contributed by atoms with E-state index >= 15 is 0 Å². The van der Waals surface area contributed by atoms with Crippen LogP contribution in [0.4, 0.5) is 4.79 Å². The number of nitrogens with zero attached hydrogens (tertiary/aromatic N) is 1. The Labute approximate surface area is 148 Å². The molecule has 0 atom stereocenters. The van der Waals surface area contributed by atoms with Gasteiger partial charge in [0.25, 0.3) is 17.1 Å². The van der Waals surface area contributed by atoms with Gasteiger partial charge in [0.1, 0.15) is 6.26 Å². The van der Waals surface area contributed by atoms with Gasteiger partial charge in [-0.2, -0.15) is 0 Å². The molecule has 1 fully saturated rings. The molecule has 0 aliphatic carbocycles. The third kappa shape index (κ3) is 4.00. The first kappa shape index (κ1) is 17.0. The molecule has 3 rings (SSSR count). The number of carbonyl (C=O) groups excluding carboxylic acids is 3. The summed E-state index contributed by atoms with van der Waals surface area (Å²) in [6, 6.07) is 9.23. The summed E-state index contributed by atoms with van der Waals surface area (Å²) < 4.78 is 4.84. The Morgan fingerprint density at radius 3 is 2.68 bits per heavy atom. The summed E-state index contributed by atoms with van der Waals surface area (Å²) in [5, 5.41) is 2.32. The third-order valence-corrected chi connectivity index (χ3v) is 4.56. The Hall–Kier alpha value is -2.80. The normalized spacial score (nSPS) is 15.9. The van der Waals surface area contributed by atoms with Gasteiger partial charge in [-0.15, -0.1) is 0 Å².